The topological polar surface area (TPSA) is 59.2 Å². The Morgan fingerprint density at radius 1 is 1.55 bits per heavy atom. The molecule has 3 heterocycles. The first-order valence-electron chi connectivity index (χ1n) is 6.77. The van der Waals surface area contributed by atoms with Gasteiger partial charge < -0.3 is 9.42 Å². The van der Waals surface area contributed by atoms with Crippen molar-refractivity contribution < 1.29 is 9.32 Å². The van der Waals surface area contributed by atoms with E-state index in [0.717, 1.165) is 5.56 Å². The molecule has 0 bridgehead atoms. The van der Waals surface area contributed by atoms with Crippen molar-refractivity contribution in [3.63, 3.8) is 0 Å². The van der Waals surface area contributed by atoms with Crippen molar-refractivity contribution in [2.75, 3.05) is 13.1 Å². The molecule has 5 nitrogen and oxygen atoms in total. The predicted molar refractivity (Wildman–Crippen MR) is 76.4 cm³/mol. The number of nitrogens with zero attached hydrogens (tertiary/aromatic N) is 3. The Morgan fingerprint density at radius 3 is 3.00 bits per heavy atom. The lowest BCUT2D eigenvalue weighted by atomic mass is 9.98. The fourth-order valence-corrected chi connectivity index (χ4v) is 2.86. The smallest absolute Gasteiger partial charge is 0.233 e. The highest BCUT2D eigenvalue weighted by atomic mass is 32.1. The first kappa shape index (κ1) is 13.3. The van der Waals surface area contributed by atoms with E-state index in [2.05, 4.69) is 24.0 Å². The van der Waals surface area contributed by atoms with Gasteiger partial charge in [-0.3, -0.25) is 4.79 Å². The van der Waals surface area contributed by atoms with E-state index in [9.17, 15) is 4.79 Å². The first-order chi connectivity index (χ1) is 9.63. The number of thiophene rings is 1. The molecule has 0 saturated carbocycles. The lowest BCUT2D eigenvalue weighted by Crippen LogP contribution is -2.48. The minimum absolute atomic E-state index is 0.186. The van der Waals surface area contributed by atoms with Crippen molar-refractivity contribution in [1.82, 2.24) is 15.0 Å². The fraction of sp³-hybridized carbons (Fsp3) is 0.500. The number of hydrogen-bond acceptors (Lipinski definition) is 5. The minimum atomic E-state index is 0.186. The summed E-state index contributed by atoms with van der Waals surface area (Å²) < 4.78 is 5.31. The molecule has 0 atom stereocenters. The van der Waals surface area contributed by atoms with Crippen LogP contribution in [0.2, 0.25) is 0 Å². The van der Waals surface area contributed by atoms with Crippen LogP contribution in [-0.4, -0.2) is 34.0 Å². The van der Waals surface area contributed by atoms with E-state index in [1.165, 1.54) is 0 Å². The predicted octanol–water partition coefficient (Wildman–Crippen LogP) is 2.77. The average molecular weight is 291 g/mol. The maximum atomic E-state index is 11.9. The van der Waals surface area contributed by atoms with Crippen molar-refractivity contribution in [2.45, 2.75) is 26.2 Å². The van der Waals surface area contributed by atoms with E-state index in [-0.39, 0.29) is 11.8 Å². The van der Waals surface area contributed by atoms with Crippen LogP contribution < -0.4 is 0 Å². The van der Waals surface area contributed by atoms with Gasteiger partial charge in [0, 0.05) is 30.5 Å². The summed E-state index contributed by atoms with van der Waals surface area (Å²) in [6.45, 7) is 5.49. The lowest BCUT2D eigenvalue weighted by Gasteiger charge is -2.37. The highest BCUT2D eigenvalue weighted by molar-refractivity contribution is 7.08. The van der Waals surface area contributed by atoms with Gasteiger partial charge in [-0.1, -0.05) is 19.0 Å². The number of carbonyl (C=O) groups excluding carboxylic acids is 1. The van der Waals surface area contributed by atoms with Crippen LogP contribution in [-0.2, 0) is 4.79 Å². The van der Waals surface area contributed by atoms with Crippen molar-refractivity contribution >= 4 is 17.2 Å². The Hall–Kier alpha value is -1.69. The zero-order valence-electron chi connectivity index (χ0n) is 11.6. The number of aromatic nitrogens is 2. The molecule has 2 aromatic rings. The van der Waals surface area contributed by atoms with Gasteiger partial charge in [-0.15, -0.1) is 0 Å². The van der Waals surface area contributed by atoms with Gasteiger partial charge in [-0.2, -0.15) is 16.3 Å². The van der Waals surface area contributed by atoms with Crippen LogP contribution in [0.3, 0.4) is 0 Å². The Morgan fingerprint density at radius 2 is 2.35 bits per heavy atom. The molecular weight excluding hydrogens is 274 g/mol. The molecule has 6 heteroatoms. The van der Waals surface area contributed by atoms with Gasteiger partial charge in [0.2, 0.25) is 17.6 Å². The molecule has 0 aromatic carbocycles. The molecule has 1 aliphatic heterocycles. The molecule has 1 aliphatic rings. The summed E-state index contributed by atoms with van der Waals surface area (Å²) in [6.07, 6.45) is 0.608. The van der Waals surface area contributed by atoms with Crippen LogP contribution in [0.5, 0.6) is 0 Å². The molecule has 0 spiro atoms. The monoisotopic (exact) mass is 291 g/mol. The summed E-state index contributed by atoms with van der Waals surface area (Å²) in [6, 6.07) is 1.97. The Balaban J connectivity index is 1.59. The van der Waals surface area contributed by atoms with E-state index in [1.54, 1.807) is 11.3 Å². The highest BCUT2D eigenvalue weighted by Gasteiger charge is 2.35. The average Bonchev–Trinajstić information content (AvgIpc) is 2.95. The second-order valence-electron chi connectivity index (χ2n) is 5.56. The third kappa shape index (κ3) is 2.60. The van der Waals surface area contributed by atoms with E-state index >= 15 is 0 Å². The Labute approximate surface area is 121 Å². The van der Waals surface area contributed by atoms with E-state index in [4.69, 9.17) is 4.52 Å². The van der Waals surface area contributed by atoms with Crippen LogP contribution in [0.15, 0.2) is 21.3 Å². The molecule has 20 heavy (non-hydrogen) atoms. The fourth-order valence-electron chi connectivity index (χ4n) is 2.23. The SMILES string of the molecule is CC(C)CC(=O)N1CC(c2nc(-c3ccsc3)no2)C1. The third-order valence-electron chi connectivity index (χ3n) is 3.39. The largest absolute Gasteiger partial charge is 0.341 e. The number of likely N-dealkylation sites (tertiary alicyclic amines) is 1. The molecule has 3 rings (SSSR count). The molecule has 1 saturated heterocycles. The minimum Gasteiger partial charge on any atom is -0.341 e. The number of rotatable bonds is 4. The molecule has 1 amide bonds. The summed E-state index contributed by atoms with van der Waals surface area (Å²) in [5.41, 5.74) is 0.983. The van der Waals surface area contributed by atoms with Gasteiger partial charge in [0.15, 0.2) is 0 Å². The van der Waals surface area contributed by atoms with Gasteiger partial charge in [-0.25, -0.2) is 0 Å². The van der Waals surface area contributed by atoms with E-state index in [0.29, 0.717) is 37.1 Å². The normalized spacial score (nSPS) is 15.7. The summed E-state index contributed by atoms with van der Waals surface area (Å²) in [7, 11) is 0. The van der Waals surface area contributed by atoms with Gasteiger partial charge in [-0.05, 0) is 17.4 Å². The van der Waals surface area contributed by atoms with Crippen LogP contribution in [0.1, 0.15) is 32.1 Å². The Bertz CT molecular complexity index is 585. The first-order valence-corrected chi connectivity index (χ1v) is 7.71. The molecule has 1 fully saturated rings. The zero-order valence-corrected chi connectivity index (χ0v) is 12.4. The summed E-state index contributed by atoms with van der Waals surface area (Å²) in [5.74, 6) is 2.07. The van der Waals surface area contributed by atoms with Crippen LogP contribution in [0.4, 0.5) is 0 Å². The van der Waals surface area contributed by atoms with Crippen LogP contribution in [0, 0.1) is 5.92 Å². The van der Waals surface area contributed by atoms with Crippen molar-refractivity contribution in [3.05, 3.63) is 22.7 Å². The quantitative estimate of drug-likeness (QED) is 0.869. The zero-order chi connectivity index (χ0) is 14.1. The maximum absolute atomic E-state index is 11.9. The molecule has 2 aromatic heterocycles. The second kappa shape index (κ2) is 5.36. The second-order valence-corrected chi connectivity index (χ2v) is 6.34. The van der Waals surface area contributed by atoms with Crippen molar-refractivity contribution in [2.24, 2.45) is 5.92 Å². The Kier molecular flexibility index (Phi) is 3.56. The molecule has 106 valence electrons. The lowest BCUT2D eigenvalue weighted by molar-refractivity contribution is -0.136. The summed E-state index contributed by atoms with van der Waals surface area (Å²) in [4.78, 5) is 18.1. The maximum Gasteiger partial charge on any atom is 0.233 e. The molecule has 0 unspecified atom stereocenters. The number of amides is 1. The van der Waals surface area contributed by atoms with Crippen molar-refractivity contribution in [3.8, 4) is 11.4 Å². The summed E-state index contributed by atoms with van der Waals surface area (Å²) in [5, 5.41) is 7.98. The van der Waals surface area contributed by atoms with Gasteiger partial charge in [0.1, 0.15) is 0 Å². The third-order valence-corrected chi connectivity index (χ3v) is 4.07. The highest BCUT2D eigenvalue weighted by Crippen LogP contribution is 2.28. The van der Waals surface area contributed by atoms with Gasteiger partial charge in [0.25, 0.3) is 0 Å². The molecule has 0 radical (unpaired) electrons. The molecule has 0 aliphatic carbocycles. The van der Waals surface area contributed by atoms with Gasteiger partial charge >= 0.3 is 0 Å². The standard InChI is InChI=1S/C14H17N3O2S/c1-9(2)5-12(18)17-6-11(7-17)14-15-13(16-19-14)10-3-4-20-8-10/h3-4,8-9,11H,5-7H2,1-2H3. The number of carbonyl (C=O) groups is 1. The van der Waals surface area contributed by atoms with Crippen molar-refractivity contribution in [1.29, 1.82) is 0 Å². The van der Waals surface area contributed by atoms with Crippen LogP contribution >= 0.6 is 11.3 Å². The molecule has 0 N–H and O–H groups in total. The van der Waals surface area contributed by atoms with Gasteiger partial charge in [0.05, 0.1) is 5.92 Å². The summed E-state index contributed by atoms with van der Waals surface area (Å²) >= 11 is 1.61. The van der Waals surface area contributed by atoms with Crippen LogP contribution in [0.25, 0.3) is 11.4 Å². The molecular formula is C14H17N3O2S. The number of hydrogen-bond donors (Lipinski definition) is 0. The van der Waals surface area contributed by atoms with E-state index in [1.807, 2.05) is 21.7 Å². The van der Waals surface area contributed by atoms with E-state index < -0.39 is 0 Å².